The topological polar surface area (TPSA) is 60.9 Å². The molecule has 0 fully saturated rings. The highest BCUT2D eigenvalue weighted by Gasteiger charge is 2.17. The first-order valence-corrected chi connectivity index (χ1v) is 7.55. The lowest BCUT2D eigenvalue weighted by Gasteiger charge is -2.23. The zero-order valence-corrected chi connectivity index (χ0v) is 14.4. The van der Waals surface area contributed by atoms with Gasteiger partial charge in [-0.05, 0) is 30.8 Å². The van der Waals surface area contributed by atoms with Crippen LogP contribution in [0.5, 0.6) is 0 Å². The number of hydrogen-bond donors (Lipinski definition) is 1. The van der Waals surface area contributed by atoms with Crippen LogP contribution in [0.25, 0.3) is 0 Å². The van der Waals surface area contributed by atoms with Crippen LogP contribution >= 0.6 is 23.2 Å². The summed E-state index contributed by atoms with van der Waals surface area (Å²) in [6.45, 7) is 2.47. The highest BCUT2D eigenvalue weighted by molar-refractivity contribution is 6.34. The Bertz CT molecular complexity index is 531. The number of carbonyl (C=O) groups excluding carboxylic acids is 1. The fraction of sp³-hybridized carbons (Fsp3) is 0.467. The number of halogens is 2. The minimum Gasteiger partial charge on any atom is -0.481 e. The summed E-state index contributed by atoms with van der Waals surface area (Å²) in [5.41, 5.74) is 0.843. The lowest BCUT2D eigenvalue weighted by atomic mass is 10.2. The summed E-state index contributed by atoms with van der Waals surface area (Å²) in [6.07, 6.45) is 0. The quantitative estimate of drug-likeness (QED) is 0.824. The van der Waals surface area contributed by atoms with Crippen LogP contribution in [0.3, 0.4) is 0 Å². The minimum absolute atomic E-state index is 0.101. The van der Waals surface area contributed by atoms with Gasteiger partial charge in [-0.2, -0.15) is 0 Å². The Morgan fingerprint density at radius 3 is 2.23 bits per heavy atom. The van der Waals surface area contributed by atoms with Crippen molar-refractivity contribution in [2.45, 2.75) is 13.5 Å². The number of carboxylic acid groups (broad SMARTS) is 1. The van der Waals surface area contributed by atoms with Crippen LogP contribution in [-0.2, 0) is 16.1 Å². The maximum Gasteiger partial charge on any atom is 0.307 e. The van der Waals surface area contributed by atoms with E-state index in [1.54, 1.807) is 49.0 Å². The number of carbonyl (C=O) groups is 2. The lowest BCUT2D eigenvalue weighted by Crippen LogP contribution is -2.38. The summed E-state index contributed by atoms with van der Waals surface area (Å²) in [5, 5.41) is 9.92. The molecule has 0 saturated heterocycles. The van der Waals surface area contributed by atoms with E-state index in [0.717, 1.165) is 5.56 Å². The second-order valence-electron chi connectivity index (χ2n) is 5.46. The summed E-state index contributed by atoms with van der Waals surface area (Å²) >= 11 is 11.9. The summed E-state index contributed by atoms with van der Waals surface area (Å²) in [5.74, 6) is -1.49. The van der Waals surface area contributed by atoms with Gasteiger partial charge in [-0.1, -0.05) is 30.1 Å². The predicted molar refractivity (Wildman–Crippen MR) is 87.2 cm³/mol. The van der Waals surface area contributed by atoms with Gasteiger partial charge in [0.2, 0.25) is 5.91 Å². The second-order valence-corrected chi connectivity index (χ2v) is 6.34. The van der Waals surface area contributed by atoms with Gasteiger partial charge in [-0.15, -0.1) is 0 Å². The van der Waals surface area contributed by atoms with E-state index in [9.17, 15) is 9.59 Å². The van der Waals surface area contributed by atoms with Gasteiger partial charge in [-0.3, -0.25) is 14.5 Å². The number of hydrogen-bond acceptors (Lipinski definition) is 3. The maximum absolute atomic E-state index is 12.1. The molecule has 1 rings (SSSR count). The van der Waals surface area contributed by atoms with E-state index in [0.29, 0.717) is 23.1 Å². The summed E-state index contributed by atoms with van der Waals surface area (Å²) in [7, 11) is 3.41. The lowest BCUT2D eigenvalue weighted by molar-refractivity contribution is -0.142. The Morgan fingerprint density at radius 1 is 1.18 bits per heavy atom. The van der Waals surface area contributed by atoms with Gasteiger partial charge in [0.25, 0.3) is 0 Å². The van der Waals surface area contributed by atoms with Crippen molar-refractivity contribution in [2.75, 3.05) is 27.2 Å². The van der Waals surface area contributed by atoms with Gasteiger partial charge < -0.3 is 10.0 Å². The molecule has 0 aromatic heterocycles. The van der Waals surface area contributed by atoms with Gasteiger partial charge >= 0.3 is 5.97 Å². The fourth-order valence-electron chi connectivity index (χ4n) is 2.03. The smallest absolute Gasteiger partial charge is 0.307 e. The highest BCUT2D eigenvalue weighted by atomic mass is 35.5. The van der Waals surface area contributed by atoms with Crippen molar-refractivity contribution >= 4 is 35.1 Å². The zero-order valence-electron chi connectivity index (χ0n) is 12.8. The van der Waals surface area contributed by atoms with Crippen LogP contribution in [0.2, 0.25) is 10.0 Å². The third-order valence-corrected chi connectivity index (χ3v) is 3.62. The molecule has 0 aliphatic heterocycles. The Labute approximate surface area is 140 Å². The van der Waals surface area contributed by atoms with E-state index in [-0.39, 0.29) is 12.5 Å². The molecule has 0 aliphatic rings. The number of aliphatic carboxylic acids is 1. The molecule has 1 aromatic rings. The van der Waals surface area contributed by atoms with Crippen LogP contribution in [0.4, 0.5) is 0 Å². The summed E-state index contributed by atoms with van der Waals surface area (Å²) < 4.78 is 0. The molecule has 0 spiro atoms. The van der Waals surface area contributed by atoms with Crippen molar-refractivity contribution < 1.29 is 14.7 Å². The van der Waals surface area contributed by atoms with Crippen LogP contribution < -0.4 is 0 Å². The Morgan fingerprint density at radius 2 is 1.73 bits per heavy atom. The number of nitrogens with zero attached hydrogens (tertiary/aromatic N) is 2. The molecule has 0 saturated carbocycles. The fourth-order valence-corrected chi connectivity index (χ4v) is 2.60. The number of carboxylic acids is 1. The van der Waals surface area contributed by atoms with E-state index in [1.165, 1.54) is 0 Å². The molecule has 7 heteroatoms. The van der Waals surface area contributed by atoms with Crippen molar-refractivity contribution in [1.29, 1.82) is 0 Å². The van der Waals surface area contributed by atoms with Crippen LogP contribution in [-0.4, -0.2) is 54.0 Å². The SMILES string of the molecule is CC(CN(C)CC(=O)N(C)Cc1cc(Cl)cc(Cl)c1)C(=O)O. The molecule has 5 nitrogen and oxygen atoms in total. The summed E-state index contributed by atoms with van der Waals surface area (Å²) in [4.78, 5) is 26.2. The van der Waals surface area contributed by atoms with E-state index in [1.807, 2.05) is 0 Å². The average Bonchev–Trinajstić information content (AvgIpc) is 2.36. The Kier molecular flexibility index (Phi) is 7.13. The van der Waals surface area contributed by atoms with Crippen LogP contribution in [0.15, 0.2) is 18.2 Å². The largest absolute Gasteiger partial charge is 0.481 e. The molecule has 0 heterocycles. The van der Waals surface area contributed by atoms with Crippen molar-refractivity contribution in [3.8, 4) is 0 Å². The van der Waals surface area contributed by atoms with E-state index < -0.39 is 11.9 Å². The minimum atomic E-state index is -0.874. The molecule has 0 aliphatic carbocycles. The van der Waals surface area contributed by atoms with Crippen molar-refractivity contribution in [3.05, 3.63) is 33.8 Å². The first kappa shape index (κ1) is 18.7. The standard InChI is InChI=1S/C15H20Cl2N2O3/c1-10(15(21)22)7-18(2)9-14(20)19(3)8-11-4-12(16)6-13(17)5-11/h4-6,10H,7-9H2,1-3H3,(H,21,22). The first-order valence-electron chi connectivity index (χ1n) is 6.79. The molecule has 1 unspecified atom stereocenters. The molecule has 1 amide bonds. The molecule has 22 heavy (non-hydrogen) atoms. The zero-order chi connectivity index (χ0) is 16.9. The van der Waals surface area contributed by atoms with Gasteiger partial charge in [-0.25, -0.2) is 0 Å². The second kappa shape index (κ2) is 8.36. The monoisotopic (exact) mass is 346 g/mol. The van der Waals surface area contributed by atoms with Crippen LogP contribution in [0, 0.1) is 5.92 Å². The van der Waals surface area contributed by atoms with Crippen LogP contribution in [0.1, 0.15) is 12.5 Å². The van der Waals surface area contributed by atoms with Gasteiger partial charge in [0, 0.05) is 30.2 Å². The molecule has 1 atom stereocenters. The maximum atomic E-state index is 12.1. The van der Waals surface area contributed by atoms with Gasteiger partial charge in [0.15, 0.2) is 0 Å². The van der Waals surface area contributed by atoms with Crippen molar-refractivity contribution in [2.24, 2.45) is 5.92 Å². The number of benzene rings is 1. The Hall–Kier alpha value is -1.30. The number of amides is 1. The molecule has 1 N–H and O–H groups in total. The molecule has 122 valence electrons. The molecular weight excluding hydrogens is 327 g/mol. The Balaban J connectivity index is 2.56. The van der Waals surface area contributed by atoms with E-state index >= 15 is 0 Å². The third-order valence-electron chi connectivity index (χ3n) is 3.18. The first-order chi connectivity index (χ1) is 10.2. The van der Waals surface area contributed by atoms with E-state index in [4.69, 9.17) is 28.3 Å². The van der Waals surface area contributed by atoms with Gasteiger partial charge in [0.1, 0.15) is 0 Å². The number of likely N-dealkylation sites (N-methyl/N-ethyl adjacent to an activating group) is 2. The average molecular weight is 347 g/mol. The summed E-state index contributed by atoms with van der Waals surface area (Å²) in [6, 6.07) is 5.15. The molecular formula is C15H20Cl2N2O3. The van der Waals surface area contributed by atoms with Crippen molar-refractivity contribution in [1.82, 2.24) is 9.80 Å². The third kappa shape index (κ3) is 6.22. The molecule has 0 radical (unpaired) electrons. The number of rotatable bonds is 7. The van der Waals surface area contributed by atoms with Crippen molar-refractivity contribution in [3.63, 3.8) is 0 Å². The van der Waals surface area contributed by atoms with E-state index in [2.05, 4.69) is 0 Å². The predicted octanol–water partition coefficient (Wildman–Crippen LogP) is 2.60. The molecule has 1 aromatic carbocycles. The molecule has 0 bridgehead atoms. The normalized spacial score (nSPS) is 12.3. The van der Waals surface area contributed by atoms with Gasteiger partial charge in [0.05, 0.1) is 12.5 Å². The highest BCUT2D eigenvalue weighted by Crippen LogP contribution is 2.20.